The van der Waals surface area contributed by atoms with E-state index in [1.165, 1.54) is 0 Å². The van der Waals surface area contributed by atoms with E-state index >= 15 is 0 Å². The Morgan fingerprint density at radius 1 is 1.58 bits per heavy atom. The number of aliphatic imine (C=N–C) groups is 1. The number of nitrogens with zero attached hydrogens (tertiary/aromatic N) is 2. The normalized spacial score (nSPS) is 11.2. The van der Waals surface area contributed by atoms with Gasteiger partial charge in [0.2, 0.25) is 5.88 Å². The molecule has 0 saturated heterocycles. The number of hydrogen-bond donors (Lipinski definition) is 2. The molecule has 0 atom stereocenters. The molecule has 0 unspecified atom stereocenters. The first-order valence-corrected chi connectivity index (χ1v) is 6.38. The first-order chi connectivity index (χ1) is 9.13. The van der Waals surface area contributed by atoms with Gasteiger partial charge in [0.05, 0.1) is 13.2 Å². The standard InChI is InChI=1S/C14H22N4O/c1-4-8-19-13-12(6-5-7-16-13)10-18-14(15)17-9-11(2)3/h5-7H,2,4,8-10H2,1,3H3,(H3,15,17,18). The van der Waals surface area contributed by atoms with Gasteiger partial charge >= 0.3 is 0 Å². The molecule has 0 radical (unpaired) electrons. The molecule has 0 saturated carbocycles. The molecule has 0 aliphatic rings. The number of rotatable bonds is 7. The SMILES string of the molecule is C=C(C)CNC(N)=NCc1cccnc1OCCC. The molecular formula is C14H22N4O. The van der Waals surface area contributed by atoms with E-state index in [0.717, 1.165) is 17.6 Å². The Balaban J connectivity index is 2.60. The van der Waals surface area contributed by atoms with Crippen LogP contribution in [0.2, 0.25) is 0 Å². The van der Waals surface area contributed by atoms with Gasteiger partial charge in [0.25, 0.3) is 0 Å². The molecule has 5 nitrogen and oxygen atoms in total. The predicted octanol–water partition coefficient (Wildman–Crippen LogP) is 1.85. The van der Waals surface area contributed by atoms with Gasteiger partial charge in [-0.2, -0.15) is 0 Å². The lowest BCUT2D eigenvalue weighted by molar-refractivity contribution is 0.302. The summed E-state index contributed by atoms with van der Waals surface area (Å²) in [5.41, 5.74) is 7.69. The topological polar surface area (TPSA) is 72.5 Å². The number of pyridine rings is 1. The highest BCUT2D eigenvalue weighted by Crippen LogP contribution is 2.15. The maximum Gasteiger partial charge on any atom is 0.218 e. The Kier molecular flexibility index (Phi) is 6.43. The molecule has 0 spiro atoms. The highest BCUT2D eigenvalue weighted by Gasteiger charge is 2.03. The summed E-state index contributed by atoms with van der Waals surface area (Å²) in [5, 5.41) is 2.98. The van der Waals surface area contributed by atoms with Crippen LogP contribution in [-0.4, -0.2) is 24.1 Å². The smallest absolute Gasteiger partial charge is 0.218 e. The van der Waals surface area contributed by atoms with Crippen LogP contribution in [0.3, 0.4) is 0 Å². The second-order valence-electron chi connectivity index (χ2n) is 4.33. The largest absolute Gasteiger partial charge is 0.477 e. The number of ether oxygens (including phenoxy) is 1. The summed E-state index contributed by atoms with van der Waals surface area (Å²) in [7, 11) is 0. The summed E-state index contributed by atoms with van der Waals surface area (Å²) in [6.45, 7) is 9.50. The third kappa shape index (κ3) is 5.90. The molecule has 5 heteroatoms. The second-order valence-corrected chi connectivity index (χ2v) is 4.33. The highest BCUT2D eigenvalue weighted by atomic mass is 16.5. The Labute approximate surface area is 114 Å². The van der Waals surface area contributed by atoms with Gasteiger partial charge < -0.3 is 15.8 Å². The van der Waals surface area contributed by atoms with Crippen molar-refractivity contribution in [2.24, 2.45) is 10.7 Å². The number of nitrogens with two attached hydrogens (primary N) is 1. The van der Waals surface area contributed by atoms with Crippen LogP contribution in [0.25, 0.3) is 0 Å². The van der Waals surface area contributed by atoms with Crippen molar-refractivity contribution in [1.29, 1.82) is 0 Å². The quantitative estimate of drug-likeness (QED) is 0.447. The molecule has 0 amide bonds. The molecule has 3 N–H and O–H groups in total. The second kappa shape index (κ2) is 8.13. The maximum atomic E-state index is 5.76. The van der Waals surface area contributed by atoms with Crippen LogP contribution in [-0.2, 0) is 6.54 Å². The molecular weight excluding hydrogens is 240 g/mol. The van der Waals surface area contributed by atoms with E-state index in [2.05, 4.69) is 28.8 Å². The lowest BCUT2D eigenvalue weighted by Gasteiger charge is -2.08. The Bertz CT molecular complexity index is 443. The van der Waals surface area contributed by atoms with Crippen molar-refractivity contribution >= 4 is 5.96 Å². The van der Waals surface area contributed by atoms with Gasteiger partial charge in [0.15, 0.2) is 5.96 Å². The molecule has 0 aromatic carbocycles. The Hall–Kier alpha value is -2.04. The first kappa shape index (κ1) is 15.0. The van der Waals surface area contributed by atoms with Crippen molar-refractivity contribution < 1.29 is 4.74 Å². The summed E-state index contributed by atoms with van der Waals surface area (Å²) in [6, 6.07) is 3.80. The summed E-state index contributed by atoms with van der Waals surface area (Å²) < 4.78 is 5.56. The van der Waals surface area contributed by atoms with E-state index < -0.39 is 0 Å². The number of guanidine groups is 1. The highest BCUT2D eigenvalue weighted by molar-refractivity contribution is 5.78. The fourth-order valence-corrected chi connectivity index (χ4v) is 1.34. The summed E-state index contributed by atoms with van der Waals surface area (Å²) in [4.78, 5) is 8.46. The van der Waals surface area contributed by atoms with Crippen molar-refractivity contribution in [2.75, 3.05) is 13.2 Å². The summed E-state index contributed by atoms with van der Waals surface area (Å²) in [5.74, 6) is 1.02. The number of aromatic nitrogens is 1. The van der Waals surface area contributed by atoms with Gasteiger partial charge in [-0.1, -0.05) is 25.1 Å². The van der Waals surface area contributed by atoms with E-state index in [-0.39, 0.29) is 0 Å². The molecule has 1 aromatic heterocycles. The van der Waals surface area contributed by atoms with Crippen LogP contribution in [0.5, 0.6) is 5.88 Å². The van der Waals surface area contributed by atoms with Crippen molar-refractivity contribution in [3.63, 3.8) is 0 Å². The summed E-state index contributed by atoms with van der Waals surface area (Å²) in [6.07, 6.45) is 2.66. The zero-order chi connectivity index (χ0) is 14.1. The van der Waals surface area contributed by atoms with Gasteiger partial charge in [-0.25, -0.2) is 9.98 Å². The predicted molar refractivity (Wildman–Crippen MR) is 78.2 cm³/mol. The van der Waals surface area contributed by atoms with Crippen LogP contribution in [0, 0.1) is 0 Å². The van der Waals surface area contributed by atoms with Gasteiger partial charge in [-0.15, -0.1) is 0 Å². The minimum Gasteiger partial charge on any atom is -0.477 e. The van der Waals surface area contributed by atoms with Crippen LogP contribution in [0.4, 0.5) is 0 Å². The average Bonchev–Trinajstić information content (AvgIpc) is 2.41. The third-order valence-electron chi connectivity index (χ3n) is 2.28. The maximum absolute atomic E-state index is 5.76. The minimum absolute atomic E-state index is 0.397. The van der Waals surface area contributed by atoms with Gasteiger partial charge in [0, 0.05) is 18.3 Å². The van der Waals surface area contributed by atoms with Crippen LogP contribution < -0.4 is 15.8 Å². The van der Waals surface area contributed by atoms with E-state index in [4.69, 9.17) is 10.5 Å². The molecule has 19 heavy (non-hydrogen) atoms. The molecule has 0 aliphatic heterocycles. The molecule has 0 aliphatic carbocycles. The van der Waals surface area contributed by atoms with Crippen molar-refractivity contribution in [2.45, 2.75) is 26.8 Å². The zero-order valence-corrected chi connectivity index (χ0v) is 11.6. The Morgan fingerprint density at radius 3 is 3.05 bits per heavy atom. The fourth-order valence-electron chi connectivity index (χ4n) is 1.34. The van der Waals surface area contributed by atoms with E-state index in [0.29, 0.717) is 31.5 Å². The van der Waals surface area contributed by atoms with Crippen molar-refractivity contribution in [1.82, 2.24) is 10.3 Å². The molecule has 1 heterocycles. The average molecular weight is 262 g/mol. The monoisotopic (exact) mass is 262 g/mol. The minimum atomic E-state index is 0.397. The van der Waals surface area contributed by atoms with E-state index in [1.807, 2.05) is 19.1 Å². The molecule has 0 fully saturated rings. The van der Waals surface area contributed by atoms with E-state index in [9.17, 15) is 0 Å². The van der Waals surface area contributed by atoms with Crippen molar-refractivity contribution in [3.8, 4) is 5.88 Å². The number of hydrogen-bond acceptors (Lipinski definition) is 3. The zero-order valence-electron chi connectivity index (χ0n) is 11.6. The fraction of sp³-hybridized carbons (Fsp3) is 0.429. The Morgan fingerprint density at radius 2 is 2.37 bits per heavy atom. The third-order valence-corrected chi connectivity index (χ3v) is 2.28. The number of nitrogens with one attached hydrogen (secondary N) is 1. The van der Waals surface area contributed by atoms with Gasteiger partial charge in [-0.05, 0) is 19.4 Å². The molecule has 1 rings (SSSR count). The van der Waals surface area contributed by atoms with E-state index in [1.54, 1.807) is 6.20 Å². The first-order valence-electron chi connectivity index (χ1n) is 6.38. The van der Waals surface area contributed by atoms with Crippen LogP contribution in [0.1, 0.15) is 25.8 Å². The lowest BCUT2D eigenvalue weighted by atomic mass is 10.3. The van der Waals surface area contributed by atoms with Crippen LogP contribution >= 0.6 is 0 Å². The van der Waals surface area contributed by atoms with Crippen molar-refractivity contribution in [3.05, 3.63) is 36.0 Å². The van der Waals surface area contributed by atoms with Crippen LogP contribution in [0.15, 0.2) is 35.5 Å². The van der Waals surface area contributed by atoms with Gasteiger partial charge in [-0.3, -0.25) is 0 Å². The lowest BCUT2D eigenvalue weighted by Crippen LogP contribution is -2.32. The molecule has 1 aromatic rings. The molecule has 0 bridgehead atoms. The van der Waals surface area contributed by atoms with Gasteiger partial charge in [0.1, 0.15) is 0 Å². The summed E-state index contributed by atoms with van der Waals surface area (Å²) >= 11 is 0. The molecule has 104 valence electrons.